The van der Waals surface area contributed by atoms with Crippen LogP contribution in [0.4, 0.5) is 0 Å². The Hall–Kier alpha value is -3.10. The molecule has 57 heavy (non-hydrogen) atoms. The zero-order valence-electron chi connectivity index (χ0n) is 33.5. The summed E-state index contributed by atoms with van der Waals surface area (Å²) in [7, 11) is 2.00. The molecule has 8 fully saturated rings. The first-order valence-electron chi connectivity index (χ1n) is 21.7. The number of amides is 6. The fourth-order valence-electron chi connectivity index (χ4n) is 11.2. The molecule has 7 unspecified atom stereocenters. The van der Waals surface area contributed by atoms with Crippen LogP contribution in [0.3, 0.4) is 0 Å². The van der Waals surface area contributed by atoms with E-state index >= 15 is 0 Å². The van der Waals surface area contributed by atoms with Crippen molar-refractivity contribution in [3.63, 3.8) is 0 Å². The SMILES string of the molecule is CN1CC(NC2NC(N3CCC[C@@H](NC(=O)C4CCN(CC5CCN(C6CCC7C(=O)N([C@H]8CCC(=O)NC8=O)C(=O)C7C6)CC5)CC4)C3)CNC2C(N)=O)CN1. The Balaban J connectivity index is 0.742. The number of piperidine rings is 4. The van der Waals surface area contributed by atoms with E-state index in [0.29, 0.717) is 25.3 Å². The maximum Gasteiger partial charge on any atom is 0.249 e. The van der Waals surface area contributed by atoms with Crippen molar-refractivity contribution >= 4 is 35.4 Å². The summed E-state index contributed by atoms with van der Waals surface area (Å²) in [5.74, 6) is -1.67. The summed E-state index contributed by atoms with van der Waals surface area (Å²) in [6.07, 6.45) is 8.17. The number of likely N-dealkylation sites (N-methyl/N-ethyl adjacent to an activating group) is 1. The summed E-state index contributed by atoms with van der Waals surface area (Å²) in [4.78, 5) is 85.3. The number of rotatable bonds is 10. The van der Waals surface area contributed by atoms with Crippen molar-refractivity contribution in [3.05, 3.63) is 0 Å². The van der Waals surface area contributed by atoms with E-state index in [4.69, 9.17) is 5.73 Å². The Morgan fingerprint density at radius 3 is 2.32 bits per heavy atom. The number of carbonyl (C=O) groups is 6. The Morgan fingerprint density at radius 1 is 0.825 bits per heavy atom. The van der Waals surface area contributed by atoms with Crippen LogP contribution in [0.5, 0.6) is 0 Å². The number of piperazine rings is 1. The van der Waals surface area contributed by atoms with Crippen molar-refractivity contribution in [2.45, 2.75) is 113 Å². The second kappa shape index (κ2) is 17.6. The second-order valence-electron chi connectivity index (χ2n) is 18.1. The average Bonchev–Trinajstić information content (AvgIpc) is 3.73. The molecule has 0 aromatic rings. The van der Waals surface area contributed by atoms with E-state index < -0.39 is 18.0 Å². The largest absolute Gasteiger partial charge is 0.368 e. The first kappa shape index (κ1) is 40.7. The van der Waals surface area contributed by atoms with E-state index in [0.717, 1.165) is 104 Å². The van der Waals surface area contributed by atoms with Gasteiger partial charge < -0.3 is 26.2 Å². The van der Waals surface area contributed by atoms with Crippen LogP contribution in [0, 0.1) is 23.7 Å². The Kier molecular flexibility index (Phi) is 12.6. The normalized spacial score (nSPS) is 37.4. The van der Waals surface area contributed by atoms with Crippen molar-refractivity contribution in [2.75, 3.05) is 72.5 Å². The summed E-state index contributed by atoms with van der Waals surface area (Å²) < 4.78 is 0. The van der Waals surface area contributed by atoms with E-state index in [-0.39, 0.29) is 90.6 Å². The summed E-state index contributed by atoms with van der Waals surface area (Å²) >= 11 is 0. The molecule has 18 nitrogen and oxygen atoms in total. The lowest BCUT2D eigenvalue weighted by molar-refractivity contribution is -0.151. The van der Waals surface area contributed by atoms with Crippen molar-refractivity contribution in [1.82, 2.24) is 56.6 Å². The smallest absolute Gasteiger partial charge is 0.249 e. The van der Waals surface area contributed by atoms with Gasteiger partial charge in [-0.15, -0.1) is 0 Å². The molecular weight excluding hydrogens is 733 g/mol. The maximum atomic E-state index is 13.5. The summed E-state index contributed by atoms with van der Waals surface area (Å²) in [6.45, 7) is 8.79. The standard InChI is InChI=1S/C39H64N12O6/c1-47-21-26(18-42-47)43-35-33(34(40)53)41-19-31(45-35)50-12-2-3-25(22-50)44-36(54)24-10-13-48(14-11-24)20-23-8-15-49(16-9-23)27-4-5-28-29(17-27)39(57)51(38(28)56)30-6-7-32(52)46-37(30)55/h23-31,33,35,41-43,45H,2-22H2,1H3,(H2,40,53)(H,44,54)(H,46,52,55)/t25-,26?,27?,28?,29?,30+,31?,33?,35?/m1/s1. The van der Waals surface area contributed by atoms with E-state index in [1.54, 1.807) is 0 Å². The highest BCUT2D eigenvalue weighted by Gasteiger charge is 2.54. The number of nitrogens with two attached hydrogens (primary N) is 1. The lowest BCUT2D eigenvalue weighted by Gasteiger charge is -2.45. The summed E-state index contributed by atoms with van der Waals surface area (Å²) in [6, 6.07) is -0.819. The van der Waals surface area contributed by atoms with Gasteiger partial charge in [0.15, 0.2) is 0 Å². The van der Waals surface area contributed by atoms with Crippen molar-refractivity contribution in [1.29, 1.82) is 0 Å². The van der Waals surface area contributed by atoms with E-state index in [1.165, 1.54) is 4.90 Å². The lowest BCUT2D eigenvalue weighted by atomic mass is 9.77. The number of hydrogen-bond donors (Lipinski definition) is 7. The third kappa shape index (κ3) is 9.07. The third-order valence-corrected chi connectivity index (χ3v) is 14.4. The first-order chi connectivity index (χ1) is 27.5. The molecule has 316 valence electrons. The zero-order chi connectivity index (χ0) is 39.8. The molecule has 0 aromatic carbocycles. The topological polar surface area (TPSA) is 217 Å². The maximum absolute atomic E-state index is 13.5. The molecule has 6 amide bonds. The first-order valence-corrected chi connectivity index (χ1v) is 21.7. The zero-order valence-corrected chi connectivity index (χ0v) is 33.5. The van der Waals surface area contributed by atoms with Crippen LogP contribution in [0.15, 0.2) is 0 Å². The number of likely N-dealkylation sites (tertiary alicyclic amines) is 4. The second-order valence-corrected chi connectivity index (χ2v) is 18.1. The van der Waals surface area contributed by atoms with Gasteiger partial charge in [0, 0.05) is 70.2 Å². The molecule has 18 heteroatoms. The fourth-order valence-corrected chi connectivity index (χ4v) is 11.2. The van der Waals surface area contributed by atoms with Gasteiger partial charge in [-0.25, -0.2) is 5.01 Å². The monoisotopic (exact) mass is 797 g/mol. The van der Waals surface area contributed by atoms with Crippen LogP contribution >= 0.6 is 0 Å². The van der Waals surface area contributed by atoms with E-state index in [2.05, 4.69) is 46.7 Å². The van der Waals surface area contributed by atoms with Gasteiger partial charge in [0.25, 0.3) is 0 Å². The Bertz CT molecular complexity index is 1540. The molecule has 0 radical (unpaired) electrons. The molecule has 0 aromatic heterocycles. The van der Waals surface area contributed by atoms with Crippen molar-refractivity contribution in [2.24, 2.45) is 29.4 Å². The molecule has 7 aliphatic heterocycles. The fraction of sp³-hybridized carbons (Fsp3) is 0.846. The average molecular weight is 797 g/mol. The van der Waals surface area contributed by atoms with Gasteiger partial charge >= 0.3 is 0 Å². The number of hydrazine groups is 1. The molecule has 0 spiro atoms. The molecule has 1 saturated carbocycles. The number of fused-ring (bicyclic) bond motifs is 1. The van der Waals surface area contributed by atoms with Gasteiger partial charge in [-0.2, -0.15) is 0 Å². The van der Waals surface area contributed by atoms with Gasteiger partial charge in [0.1, 0.15) is 12.1 Å². The Labute approximate surface area is 335 Å². The minimum Gasteiger partial charge on any atom is -0.368 e. The van der Waals surface area contributed by atoms with Crippen LogP contribution in [-0.2, 0) is 28.8 Å². The number of primary amides is 1. The number of hydrogen-bond acceptors (Lipinski definition) is 14. The predicted octanol–water partition coefficient (Wildman–Crippen LogP) is -2.94. The summed E-state index contributed by atoms with van der Waals surface area (Å²) in [5, 5.41) is 18.4. The van der Waals surface area contributed by atoms with Gasteiger partial charge in [-0.3, -0.25) is 59.9 Å². The van der Waals surface area contributed by atoms with Crippen LogP contribution in [-0.4, -0.2) is 175 Å². The third-order valence-electron chi connectivity index (χ3n) is 14.4. The van der Waals surface area contributed by atoms with Crippen LogP contribution in [0.2, 0.25) is 0 Å². The van der Waals surface area contributed by atoms with E-state index in [1.807, 2.05) is 12.1 Å². The number of nitrogens with zero attached hydrogens (tertiary/aromatic N) is 5. The van der Waals surface area contributed by atoms with Crippen LogP contribution in [0.1, 0.15) is 70.6 Å². The molecule has 9 atom stereocenters. The number of nitrogens with one attached hydrogen (secondary N) is 6. The molecule has 1 aliphatic carbocycles. The van der Waals surface area contributed by atoms with Gasteiger partial charge in [-0.05, 0) is 103 Å². The lowest BCUT2D eigenvalue weighted by Crippen LogP contribution is -2.74. The van der Waals surface area contributed by atoms with Crippen molar-refractivity contribution in [3.8, 4) is 0 Å². The molecule has 7 saturated heterocycles. The molecule has 8 N–H and O–H groups in total. The molecule has 0 bridgehead atoms. The Morgan fingerprint density at radius 2 is 1.60 bits per heavy atom. The highest BCUT2D eigenvalue weighted by molar-refractivity contribution is 6.10. The van der Waals surface area contributed by atoms with Crippen LogP contribution in [0.25, 0.3) is 0 Å². The van der Waals surface area contributed by atoms with E-state index in [9.17, 15) is 28.8 Å². The predicted molar refractivity (Wildman–Crippen MR) is 208 cm³/mol. The van der Waals surface area contributed by atoms with Gasteiger partial charge in [-0.1, -0.05) is 0 Å². The molecule has 8 aliphatic rings. The minimum atomic E-state index is -0.869. The number of carbonyl (C=O) groups excluding carboxylic acids is 6. The van der Waals surface area contributed by atoms with Gasteiger partial charge in [0.05, 0.1) is 24.2 Å². The van der Waals surface area contributed by atoms with Crippen molar-refractivity contribution < 1.29 is 28.8 Å². The quantitative estimate of drug-likeness (QED) is 0.110. The van der Waals surface area contributed by atoms with Crippen LogP contribution < -0.4 is 37.7 Å². The molecule has 8 rings (SSSR count). The number of imide groups is 2. The highest BCUT2D eigenvalue weighted by Crippen LogP contribution is 2.42. The highest BCUT2D eigenvalue weighted by atomic mass is 16.2. The summed E-state index contributed by atoms with van der Waals surface area (Å²) in [5.41, 5.74) is 9.06. The molecule has 7 heterocycles. The minimum absolute atomic E-state index is 0.0232. The molecular formula is C39H64N12O6. The van der Waals surface area contributed by atoms with Gasteiger partial charge in [0.2, 0.25) is 35.4 Å².